The number of carbonyl (C=O) groups is 1. The number of nitrogens with zero attached hydrogens (tertiary/aromatic N) is 2. The van der Waals surface area contributed by atoms with Gasteiger partial charge >= 0.3 is 0 Å². The Morgan fingerprint density at radius 1 is 1.14 bits per heavy atom. The first-order valence-electron chi connectivity index (χ1n) is 8.28. The Morgan fingerprint density at radius 3 is 2.33 bits per heavy atom. The van der Waals surface area contributed by atoms with Gasteiger partial charge in [-0.05, 0) is 26.7 Å². The minimum Gasteiger partial charge on any atom is -0.389 e. The van der Waals surface area contributed by atoms with Gasteiger partial charge in [-0.15, -0.1) is 0 Å². The predicted octanol–water partition coefficient (Wildman–Crippen LogP) is 1.25. The van der Waals surface area contributed by atoms with E-state index in [1.165, 1.54) is 19.3 Å². The number of piperazine rings is 1. The van der Waals surface area contributed by atoms with Crippen LogP contribution in [0.5, 0.6) is 0 Å². The number of aliphatic hydroxyl groups is 1. The van der Waals surface area contributed by atoms with E-state index in [0.717, 1.165) is 39.0 Å². The lowest BCUT2D eigenvalue weighted by Gasteiger charge is -2.37. The second-order valence-electron chi connectivity index (χ2n) is 7.04. The van der Waals surface area contributed by atoms with Gasteiger partial charge < -0.3 is 14.7 Å². The van der Waals surface area contributed by atoms with Gasteiger partial charge in [-0.1, -0.05) is 19.3 Å². The second-order valence-corrected chi connectivity index (χ2v) is 7.04. The third kappa shape index (κ3) is 5.93. The number of hydrogen-bond donors (Lipinski definition) is 1. The average molecular weight is 298 g/mol. The van der Waals surface area contributed by atoms with Gasteiger partial charge in [-0.3, -0.25) is 9.69 Å². The van der Waals surface area contributed by atoms with Crippen LogP contribution in [-0.4, -0.2) is 71.8 Å². The molecule has 0 aromatic carbocycles. The van der Waals surface area contributed by atoms with Crippen LogP contribution in [0.15, 0.2) is 0 Å². The van der Waals surface area contributed by atoms with Crippen molar-refractivity contribution in [3.63, 3.8) is 0 Å². The highest BCUT2D eigenvalue weighted by Gasteiger charge is 2.25. The first-order chi connectivity index (χ1) is 9.94. The molecule has 1 saturated heterocycles. The van der Waals surface area contributed by atoms with Crippen LogP contribution in [0.25, 0.3) is 0 Å². The van der Waals surface area contributed by atoms with E-state index in [-0.39, 0.29) is 12.5 Å². The molecule has 1 amide bonds. The van der Waals surface area contributed by atoms with Gasteiger partial charge in [0.05, 0.1) is 11.7 Å². The number of hydrogen-bond acceptors (Lipinski definition) is 4. The highest BCUT2D eigenvalue weighted by atomic mass is 16.5. The van der Waals surface area contributed by atoms with Crippen molar-refractivity contribution < 1.29 is 14.6 Å². The molecule has 1 saturated carbocycles. The Hall–Kier alpha value is -0.650. The van der Waals surface area contributed by atoms with E-state index < -0.39 is 5.60 Å². The molecule has 2 rings (SSSR count). The van der Waals surface area contributed by atoms with Gasteiger partial charge in [0.15, 0.2) is 0 Å². The number of ether oxygens (including phenoxy) is 1. The number of rotatable bonds is 5. The summed E-state index contributed by atoms with van der Waals surface area (Å²) < 4.78 is 5.76. The zero-order valence-electron chi connectivity index (χ0n) is 13.5. The first-order valence-corrected chi connectivity index (χ1v) is 8.28. The highest BCUT2D eigenvalue weighted by molar-refractivity contribution is 5.77. The minimum absolute atomic E-state index is 0.114. The van der Waals surface area contributed by atoms with E-state index in [9.17, 15) is 9.90 Å². The van der Waals surface area contributed by atoms with Crippen molar-refractivity contribution in [2.24, 2.45) is 0 Å². The lowest BCUT2D eigenvalue weighted by atomic mass is 9.98. The summed E-state index contributed by atoms with van der Waals surface area (Å²) in [6.07, 6.45) is 6.26. The largest absolute Gasteiger partial charge is 0.389 e. The molecule has 122 valence electrons. The number of carbonyl (C=O) groups excluding carboxylic acids is 1. The molecule has 0 aromatic heterocycles. The molecule has 0 atom stereocenters. The van der Waals surface area contributed by atoms with Crippen molar-refractivity contribution in [3.8, 4) is 0 Å². The summed E-state index contributed by atoms with van der Waals surface area (Å²) in [4.78, 5) is 16.3. The van der Waals surface area contributed by atoms with Crippen LogP contribution < -0.4 is 0 Å². The Morgan fingerprint density at radius 2 is 1.76 bits per heavy atom. The normalized spacial score (nSPS) is 22.5. The van der Waals surface area contributed by atoms with Gasteiger partial charge in [0.25, 0.3) is 0 Å². The lowest BCUT2D eigenvalue weighted by molar-refractivity contribution is -0.140. The molecule has 1 aliphatic heterocycles. The lowest BCUT2D eigenvalue weighted by Crippen LogP contribution is -2.52. The maximum Gasteiger partial charge on any atom is 0.248 e. The van der Waals surface area contributed by atoms with Crippen molar-refractivity contribution in [1.82, 2.24) is 9.80 Å². The molecule has 0 unspecified atom stereocenters. The molecule has 1 heterocycles. The zero-order valence-corrected chi connectivity index (χ0v) is 13.5. The Labute approximate surface area is 128 Å². The second kappa shape index (κ2) is 7.56. The van der Waals surface area contributed by atoms with Crippen molar-refractivity contribution in [1.29, 1.82) is 0 Å². The Bertz CT molecular complexity index is 327. The van der Waals surface area contributed by atoms with Crippen molar-refractivity contribution in [2.75, 3.05) is 39.3 Å². The SMILES string of the molecule is CC(C)(O)CN1CCN(C(=O)COC2CCCCC2)CC1. The fourth-order valence-corrected chi connectivity index (χ4v) is 3.21. The molecular formula is C16H30N2O3. The van der Waals surface area contributed by atoms with Gasteiger partial charge in [0.1, 0.15) is 6.61 Å². The van der Waals surface area contributed by atoms with Crippen LogP contribution in [0.3, 0.4) is 0 Å². The van der Waals surface area contributed by atoms with Crippen molar-refractivity contribution in [3.05, 3.63) is 0 Å². The molecule has 21 heavy (non-hydrogen) atoms. The molecule has 2 aliphatic rings. The molecule has 0 bridgehead atoms. The van der Waals surface area contributed by atoms with E-state index in [1.54, 1.807) is 0 Å². The molecule has 1 aliphatic carbocycles. The van der Waals surface area contributed by atoms with Crippen LogP contribution in [0.1, 0.15) is 46.0 Å². The summed E-state index contributed by atoms with van der Waals surface area (Å²) in [6.45, 7) is 7.68. The fraction of sp³-hybridized carbons (Fsp3) is 0.938. The maximum atomic E-state index is 12.2. The van der Waals surface area contributed by atoms with E-state index >= 15 is 0 Å². The standard InChI is InChI=1S/C16H30N2O3/c1-16(2,20)13-17-8-10-18(11-9-17)15(19)12-21-14-6-4-3-5-7-14/h14,20H,3-13H2,1-2H3. The zero-order chi connectivity index (χ0) is 15.3. The predicted molar refractivity (Wildman–Crippen MR) is 82.1 cm³/mol. The van der Waals surface area contributed by atoms with Gasteiger partial charge in [0, 0.05) is 32.7 Å². The van der Waals surface area contributed by atoms with Crippen LogP contribution >= 0.6 is 0 Å². The van der Waals surface area contributed by atoms with Gasteiger partial charge in [-0.2, -0.15) is 0 Å². The molecule has 1 N–H and O–H groups in total. The third-order valence-corrected chi connectivity index (χ3v) is 4.33. The summed E-state index contributed by atoms with van der Waals surface area (Å²) in [5.74, 6) is 0.114. The van der Waals surface area contributed by atoms with E-state index in [4.69, 9.17) is 4.74 Å². The first kappa shape index (κ1) is 16.7. The van der Waals surface area contributed by atoms with Crippen LogP contribution in [0.2, 0.25) is 0 Å². The summed E-state index contributed by atoms with van der Waals surface area (Å²) in [5.41, 5.74) is -0.670. The van der Waals surface area contributed by atoms with Crippen molar-refractivity contribution >= 4 is 5.91 Å². The molecule has 0 spiro atoms. The number of amides is 1. The Kier molecular flexibility index (Phi) is 6.02. The van der Waals surface area contributed by atoms with Crippen LogP contribution in [0, 0.1) is 0 Å². The van der Waals surface area contributed by atoms with E-state index in [0.29, 0.717) is 12.6 Å². The monoisotopic (exact) mass is 298 g/mol. The van der Waals surface area contributed by atoms with Gasteiger partial charge in [0.2, 0.25) is 5.91 Å². The molecule has 0 radical (unpaired) electrons. The molecular weight excluding hydrogens is 268 g/mol. The maximum absolute atomic E-state index is 12.2. The van der Waals surface area contributed by atoms with Crippen molar-refractivity contribution in [2.45, 2.75) is 57.7 Å². The molecule has 0 aromatic rings. The van der Waals surface area contributed by atoms with E-state index in [2.05, 4.69) is 4.90 Å². The van der Waals surface area contributed by atoms with E-state index in [1.807, 2.05) is 18.7 Å². The summed E-state index contributed by atoms with van der Waals surface area (Å²) in [6, 6.07) is 0. The quantitative estimate of drug-likeness (QED) is 0.830. The Balaban J connectivity index is 1.65. The van der Waals surface area contributed by atoms with Crippen LogP contribution in [-0.2, 0) is 9.53 Å². The smallest absolute Gasteiger partial charge is 0.248 e. The third-order valence-electron chi connectivity index (χ3n) is 4.33. The minimum atomic E-state index is -0.670. The summed E-state index contributed by atoms with van der Waals surface area (Å²) >= 11 is 0. The average Bonchev–Trinajstić information content (AvgIpc) is 2.45. The number of β-amino-alcohol motifs (C(OH)–C–C–N with tert-alkyl or cyclic N) is 1. The molecule has 5 nitrogen and oxygen atoms in total. The van der Waals surface area contributed by atoms with Crippen LogP contribution in [0.4, 0.5) is 0 Å². The summed E-state index contributed by atoms with van der Waals surface area (Å²) in [7, 11) is 0. The fourth-order valence-electron chi connectivity index (χ4n) is 3.21. The summed E-state index contributed by atoms with van der Waals surface area (Å²) in [5, 5.41) is 9.83. The molecule has 5 heteroatoms. The topological polar surface area (TPSA) is 53.0 Å². The highest BCUT2D eigenvalue weighted by Crippen LogP contribution is 2.20. The van der Waals surface area contributed by atoms with Gasteiger partial charge in [-0.25, -0.2) is 0 Å². The molecule has 2 fully saturated rings.